The highest BCUT2D eigenvalue weighted by Gasteiger charge is 2.18. The standard InChI is InChI=1S/C18H23NO4/c1-5-6-7-14-8-13(11-19-14)17(20)12-9-15(21-2)18(23-4)16(10-12)22-3/h8-11,19H,5-7H2,1-4H3. The third-order valence-corrected chi connectivity index (χ3v) is 3.73. The number of methoxy groups -OCH3 is 3. The highest BCUT2D eigenvalue weighted by atomic mass is 16.5. The fraction of sp³-hybridized carbons (Fsp3) is 0.389. The Labute approximate surface area is 136 Å². The largest absolute Gasteiger partial charge is 0.493 e. The van der Waals surface area contributed by atoms with Crippen molar-refractivity contribution in [1.82, 2.24) is 4.98 Å². The molecule has 1 aromatic heterocycles. The summed E-state index contributed by atoms with van der Waals surface area (Å²) in [4.78, 5) is 15.9. The maximum Gasteiger partial charge on any atom is 0.203 e. The summed E-state index contributed by atoms with van der Waals surface area (Å²) in [5.41, 5.74) is 2.20. The first-order valence-corrected chi connectivity index (χ1v) is 7.66. The molecule has 124 valence electrons. The van der Waals surface area contributed by atoms with Crippen LogP contribution in [0, 0.1) is 0 Å². The molecule has 1 N–H and O–H groups in total. The molecule has 0 amide bonds. The predicted octanol–water partition coefficient (Wildman–Crippen LogP) is 3.61. The lowest BCUT2D eigenvalue weighted by Crippen LogP contribution is -2.03. The van der Waals surface area contributed by atoms with Crippen LogP contribution in [0.1, 0.15) is 41.4 Å². The highest BCUT2D eigenvalue weighted by Crippen LogP contribution is 2.38. The van der Waals surface area contributed by atoms with E-state index in [0.29, 0.717) is 28.4 Å². The third-order valence-electron chi connectivity index (χ3n) is 3.73. The third kappa shape index (κ3) is 3.67. The molecule has 0 atom stereocenters. The smallest absolute Gasteiger partial charge is 0.203 e. The van der Waals surface area contributed by atoms with E-state index in [4.69, 9.17) is 14.2 Å². The van der Waals surface area contributed by atoms with Gasteiger partial charge in [-0.25, -0.2) is 0 Å². The summed E-state index contributed by atoms with van der Waals surface area (Å²) in [6.07, 6.45) is 4.91. The minimum absolute atomic E-state index is 0.0803. The van der Waals surface area contributed by atoms with Crippen LogP contribution in [0.15, 0.2) is 24.4 Å². The van der Waals surface area contributed by atoms with Crippen molar-refractivity contribution in [3.63, 3.8) is 0 Å². The van der Waals surface area contributed by atoms with E-state index in [9.17, 15) is 4.79 Å². The topological polar surface area (TPSA) is 60.6 Å². The Kier molecular flexibility index (Phi) is 5.68. The number of hydrogen-bond donors (Lipinski definition) is 1. The van der Waals surface area contributed by atoms with Crippen molar-refractivity contribution >= 4 is 5.78 Å². The van der Waals surface area contributed by atoms with Crippen LogP contribution in [0.25, 0.3) is 0 Å². The zero-order chi connectivity index (χ0) is 16.8. The van der Waals surface area contributed by atoms with E-state index < -0.39 is 0 Å². The number of carbonyl (C=O) groups is 1. The van der Waals surface area contributed by atoms with Crippen LogP contribution in [-0.2, 0) is 6.42 Å². The molecule has 2 rings (SSSR count). The van der Waals surface area contributed by atoms with E-state index in [1.165, 1.54) is 21.3 Å². The van der Waals surface area contributed by atoms with Gasteiger partial charge in [0.1, 0.15) is 0 Å². The summed E-state index contributed by atoms with van der Waals surface area (Å²) in [5, 5.41) is 0. The number of hydrogen-bond acceptors (Lipinski definition) is 4. The van der Waals surface area contributed by atoms with Crippen LogP contribution < -0.4 is 14.2 Å². The van der Waals surface area contributed by atoms with Crippen molar-refractivity contribution in [3.05, 3.63) is 41.2 Å². The molecule has 0 radical (unpaired) electrons. The van der Waals surface area contributed by atoms with Crippen molar-refractivity contribution < 1.29 is 19.0 Å². The molecule has 0 aliphatic heterocycles. The number of aromatic nitrogens is 1. The maximum absolute atomic E-state index is 12.7. The Morgan fingerprint density at radius 3 is 2.17 bits per heavy atom. The van der Waals surface area contributed by atoms with Crippen molar-refractivity contribution in [1.29, 1.82) is 0 Å². The molecule has 0 saturated carbocycles. The molecule has 1 aromatic carbocycles. The zero-order valence-corrected chi connectivity index (χ0v) is 14.1. The van der Waals surface area contributed by atoms with Gasteiger partial charge < -0.3 is 19.2 Å². The van der Waals surface area contributed by atoms with Gasteiger partial charge in [0.15, 0.2) is 17.3 Å². The lowest BCUT2D eigenvalue weighted by molar-refractivity contribution is 0.103. The summed E-state index contributed by atoms with van der Waals surface area (Å²) in [5.74, 6) is 1.33. The summed E-state index contributed by atoms with van der Waals surface area (Å²) in [6, 6.07) is 5.24. The van der Waals surface area contributed by atoms with Gasteiger partial charge in [0.05, 0.1) is 21.3 Å². The molecule has 0 fully saturated rings. The molecule has 0 bridgehead atoms. The Hall–Kier alpha value is -2.43. The summed E-state index contributed by atoms with van der Waals surface area (Å²) >= 11 is 0. The van der Waals surface area contributed by atoms with Gasteiger partial charge in [-0.2, -0.15) is 0 Å². The number of unbranched alkanes of at least 4 members (excludes halogenated alkanes) is 1. The molecule has 0 saturated heterocycles. The number of benzene rings is 1. The number of rotatable bonds is 8. The summed E-state index contributed by atoms with van der Waals surface area (Å²) in [6.45, 7) is 2.14. The Bertz CT molecular complexity index is 650. The molecule has 5 heteroatoms. The Morgan fingerprint density at radius 1 is 1.00 bits per heavy atom. The first-order valence-electron chi connectivity index (χ1n) is 7.66. The molecule has 0 unspecified atom stereocenters. The van der Waals surface area contributed by atoms with Crippen molar-refractivity contribution in [3.8, 4) is 17.2 Å². The second kappa shape index (κ2) is 7.72. The van der Waals surface area contributed by atoms with Crippen molar-refractivity contribution in [2.45, 2.75) is 26.2 Å². The second-order valence-electron chi connectivity index (χ2n) is 5.26. The van der Waals surface area contributed by atoms with Crippen LogP contribution in [0.2, 0.25) is 0 Å². The van der Waals surface area contributed by atoms with Gasteiger partial charge >= 0.3 is 0 Å². The van der Waals surface area contributed by atoms with Crippen LogP contribution in [0.4, 0.5) is 0 Å². The van der Waals surface area contributed by atoms with Gasteiger partial charge in [0.2, 0.25) is 5.75 Å². The van der Waals surface area contributed by atoms with Gasteiger partial charge in [-0.05, 0) is 31.0 Å². The average Bonchev–Trinajstić information content (AvgIpc) is 3.06. The molecule has 5 nitrogen and oxygen atoms in total. The Balaban J connectivity index is 2.33. The fourth-order valence-corrected chi connectivity index (χ4v) is 2.46. The molecule has 0 aliphatic rings. The molecule has 1 heterocycles. The van der Waals surface area contributed by atoms with Crippen LogP contribution in [-0.4, -0.2) is 32.1 Å². The first kappa shape index (κ1) is 16.9. The zero-order valence-electron chi connectivity index (χ0n) is 14.1. The van der Waals surface area contributed by atoms with Gasteiger partial charge in [-0.3, -0.25) is 4.79 Å². The van der Waals surface area contributed by atoms with Crippen LogP contribution in [0.3, 0.4) is 0 Å². The van der Waals surface area contributed by atoms with E-state index in [1.807, 2.05) is 6.07 Å². The van der Waals surface area contributed by atoms with Crippen LogP contribution >= 0.6 is 0 Å². The normalized spacial score (nSPS) is 10.4. The number of H-pyrrole nitrogens is 1. The minimum atomic E-state index is -0.0803. The molecular weight excluding hydrogens is 294 g/mol. The van der Waals surface area contributed by atoms with Gasteiger partial charge in [0, 0.05) is 23.0 Å². The number of carbonyl (C=O) groups excluding carboxylic acids is 1. The predicted molar refractivity (Wildman–Crippen MR) is 88.9 cm³/mol. The summed E-state index contributed by atoms with van der Waals surface area (Å²) in [7, 11) is 4.60. The van der Waals surface area contributed by atoms with Gasteiger partial charge in [-0.1, -0.05) is 13.3 Å². The van der Waals surface area contributed by atoms with E-state index in [1.54, 1.807) is 18.3 Å². The van der Waals surface area contributed by atoms with E-state index >= 15 is 0 Å². The highest BCUT2D eigenvalue weighted by molar-refractivity contribution is 6.09. The molecule has 2 aromatic rings. The lowest BCUT2D eigenvalue weighted by Gasteiger charge is -2.13. The van der Waals surface area contributed by atoms with E-state index in [2.05, 4.69) is 11.9 Å². The van der Waals surface area contributed by atoms with E-state index in [0.717, 1.165) is 25.0 Å². The first-order chi connectivity index (χ1) is 11.1. The average molecular weight is 317 g/mol. The fourth-order valence-electron chi connectivity index (χ4n) is 2.46. The quantitative estimate of drug-likeness (QED) is 0.756. The molecular formula is C18H23NO4. The van der Waals surface area contributed by atoms with Crippen LogP contribution in [0.5, 0.6) is 17.2 Å². The minimum Gasteiger partial charge on any atom is -0.493 e. The lowest BCUT2D eigenvalue weighted by atomic mass is 10.0. The number of aromatic amines is 1. The van der Waals surface area contributed by atoms with Gasteiger partial charge in [0.25, 0.3) is 0 Å². The molecule has 0 spiro atoms. The molecule has 0 aliphatic carbocycles. The number of ether oxygens (including phenoxy) is 3. The van der Waals surface area contributed by atoms with Crippen molar-refractivity contribution in [2.24, 2.45) is 0 Å². The maximum atomic E-state index is 12.7. The number of ketones is 1. The van der Waals surface area contributed by atoms with Gasteiger partial charge in [-0.15, -0.1) is 0 Å². The van der Waals surface area contributed by atoms with E-state index in [-0.39, 0.29) is 5.78 Å². The Morgan fingerprint density at radius 2 is 1.65 bits per heavy atom. The second-order valence-corrected chi connectivity index (χ2v) is 5.26. The SMILES string of the molecule is CCCCc1cc(C(=O)c2cc(OC)c(OC)c(OC)c2)c[nH]1. The van der Waals surface area contributed by atoms with Crippen molar-refractivity contribution in [2.75, 3.05) is 21.3 Å². The monoisotopic (exact) mass is 317 g/mol. The number of nitrogens with one attached hydrogen (secondary N) is 1. The summed E-state index contributed by atoms with van der Waals surface area (Å²) < 4.78 is 15.9. The molecule has 23 heavy (non-hydrogen) atoms. The number of aryl methyl sites for hydroxylation is 1.